The van der Waals surface area contributed by atoms with E-state index in [0.29, 0.717) is 29.3 Å². The monoisotopic (exact) mass is 378 g/mol. The zero-order valence-electron chi connectivity index (χ0n) is 16.6. The summed E-state index contributed by atoms with van der Waals surface area (Å²) in [7, 11) is 1.57. The lowest BCUT2D eigenvalue weighted by atomic mass is 9.75. The molecule has 1 aliphatic carbocycles. The second kappa shape index (κ2) is 10.2. The van der Waals surface area contributed by atoms with E-state index in [1.54, 1.807) is 31.4 Å². The Morgan fingerprint density at radius 2 is 1.70 bits per heavy atom. The summed E-state index contributed by atoms with van der Waals surface area (Å²) >= 11 is 0. The van der Waals surface area contributed by atoms with Crippen LogP contribution in [0.2, 0.25) is 0 Å². The van der Waals surface area contributed by atoms with Crippen LogP contribution in [0.1, 0.15) is 40.0 Å². The van der Waals surface area contributed by atoms with Crippen LogP contribution in [0.4, 0.5) is 0 Å². The van der Waals surface area contributed by atoms with Gasteiger partial charge in [-0.05, 0) is 54.9 Å². The maximum absolute atomic E-state index is 12.1. The maximum atomic E-state index is 12.1. The molecule has 0 aliphatic heterocycles. The summed E-state index contributed by atoms with van der Waals surface area (Å²) in [6.07, 6.45) is 2.99. The second-order valence-electron chi connectivity index (χ2n) is 7.48. The topological polar surface area (TPSA) is 71.1 Å². The van der Waals surface area contributed by atoms with Crippen LogP contribution in [-0.2, 0) is 19.1 Å². The first kappa shape index (κ1) is 21.1. The van der Waals surface area contributed by atoms with Crippen LogP contribution in [0, 0.1) is 17.8 Å². The molecule has 27 heavy (non-hydrogen) atoms. The molecule has 2 rings (SSSR count). The zero-order chi connectivity index (χ0) is 19.8. The highest BCUT2D eigenvalue weighted by atomic mass is 16.6. The number of carbonyl (C=O) groups excluding carboxylic acids is 2. The summed E-state index contributed by atoms with van der Waals surface area (Å²) in [6, 6.07) is 6.84. The average Bonchev–Trinajstić information content (AvgIpc) is 2.65. The van der Waals surface area contributed by atoms with Crippen LogP contribution < -0.4 is 9.47 Å². The van der Waals surface area contributed by atoms with E-state index in [2.05, 4.69) is 20.8 Å². The minimum atomic E-state index is -0.611. The number of hydrogen-bond acceptors (Lipinski definition) is 6. The molecule has 3 atom stereocenters. The van der Waals surface area contributed by atoms with Gasteiger partial charge in [0.15, 0.2) is 13.2 Å². The lowest BCUT2D eigenvalue weighted by molar-refractivity contribution is -0.167. The molecule has 6 heteroatoms. The summed E-state index contributed by atoms with van der Waals surface area (Å²) in [4.78, 5) is 23.9. The molecule has 0 heterocycles. The highest BCUT2D eigenvalue weighted by Crippen LogP contribution is 2.35. The molecule has 150 valence electrons. The fraction of sp³-hybridized carbons (Fsp3) is 0.619. The Labute approximate surface area is 161 Å². The summed E-state index contributed by atoms with van der Waals surface area (Å²) in [5.74, 6) is 1.46. The standard InChI is InChI=1S/C21H30O6/c1-14(2)18-10-5-15(3)11-19(18)27-21(23)13-26-20(22)12-25-17-8-6-16(24-4)7-9-17/h6-9,14-15,18-19H,5,10-13H2,1-4H3. The molecule has 1 saturated carbocycles. The number of hydrogen-bond donors (Lipinski definition) is 0. The van der Waals surface area contributed by atoms with Crippen molar-refractivity contribution in [2.75, 3.05) is 20.3 Å². The van der Waals surface area contributed by atoms with E-state index in [0.717, 1.165) is 19.3 Å². The van der Waals surface area contributed by atoms with E-state index in [9.17, 15) is 9.59 Å². The normalized spacial score (nSPS) is 22.2. The largest absolute Gasteiger partial charge is 0.497 e. The SMILES string of the molecule is COc1ccc(OCC(=O)OCC(=O)OC2CC(C)CCC2C(C)C)cc1. The number of carbonyl (C=O) groups is 2. The summed E-state index contributed by atoms with van der Waals surface area (Å²) in [6.45, 7) is 5.82. The van der Waals surface area contributed by atoms with Crippen molar-refractivity contribution in [2.45, 2.75) is 46.1 Å². The minimum Gasteiger partial charge on any atom is -0.497 e. The fourth-order valence-electron chi connectivity index (χ4n) is 3.45. The van der Waals surface area contributed by atoms with Gasteiger partial charge in [-0.15, -0.1) is 0 Å². The summed E-state index contributed by atoms with van der Waals surface area (Å²) in [5.41, 5.74) is 0. The van der Waals surface area contributed by atoms with Crippen molar-refractivity contribution in [1.82, 2.24) is 0 Å². The van der Waals surface area contributed by atoms with Gasteiger partial charge < -0.3 is 18.9 Å². The maximum Gasteiger partial charge on any atom is 0.344 e. The molecule has 6 nitrogen and oxygen atoms in total. The van der Waals surface area contributed by atoms with E-state index >= 15 is 0 Å². The van der Waals surface area contributed by atoms with E-state index in [-0.39, 0.29) is 19.3 Å². The van der Waals surface area contributed by atoms with Crippen molar-refractivity contribution >= 4 is 11.9 Å². The van der Waals surface area contributed by atoms with Crippen molar-refractivity contribution in [3.63, 3.8) is 0 Å². The van der Waals surface area contributed by atoms with E-state index in [1.807, 2.05) is 0 Å². The lowest BCUT2D eigenvalue weighted by Gasteiger charge is -2.36. The Kier molecular flexibility index (Phi) is 7.95. The molecule has 1 aromatic rings. The molecule has 1 aromatic carbocycles. The minimum absolute atomic E-state index is 0.101. The number of esters is 2. The van der Waals surface area contributed by atoms with Gasteiger partial charge in [0.25, 0.3) is 0 Å². The van der Waals surface area contributed by atoms with Crippen molar-refractivity contribution in [3.05, 3.63) is 24.3 Å². The predicted octanol–water partition coefficient (Wildman–Crippen LogP) is 3.62. The quantitative estimate of drug-likeness (QED) is 0.644. The molecular formula is C21H30O6. The van der Waals surface area contributed by atoms with Gasteiger partial charge in [0.2, 0.25) is 0 Å². The number of ether oxygens (including phenoxy) is 4. The first-order chi connectivity index (χ1) is 12.9. The second-order valence-corrected chi connectivity index (χ2v) is 7.48. The van der Waals surface area contributed by atoms with Crippen molar-refractivity contribution < 1.29 is 28.5 Å². The Hall–Kier alpha value is -2.24. The molecule has 0 spiro atoms. The molecule has 1 fully saturated rings. The van der Waals surface area contributed by atoms with Gasteiger partial charge in [0.1, 0.15) is 17.6 Å². The molecule has 3 unspecified atom stereocenters. The highest BCUT2D eigenvalue weighted by molar-refractivity contribution is 5.77. The van der Waals surface area contributed by atoms with E-state index < -0.39 is 11.9 Å². The van der Waals surface area contributed by atoms with Gasteiger partial charge >= 0.3 is 11.9 Å². The highest BCUT2D eigenvalue weighted by Gasteiger charge is 2.33. The Balaban J connectivity index is 1.72. The van der Waals surface area contributed by atoms with Crippen LogP contribution in [0.3, 0.4) is 0 Å². The van der Waals surface area contributed by atoms with Crippen LogP contribution in [0.25, 0.3) is 0 Å². The molecule has 0 radical (unpaired) electrons. The smallest absolute Gasteiger partial charge is 0.344 e. The van der Waals surface area contributed by atoms with E-state index in [4.69, 9.17) is 18.9 Å². The number of methoxy groups -OCH3 is 1. The molecule has 0 aromatic heterocycles. The zero-order valence-corrected chi connectivity index (χ0v) is 16.6. The lowest BCUT2D eigenvalue weighted by Crippen LogP contribution is -2.37. The van der Waals surface area contributed by atoms with Gasteiger partial charge in [0.05, 0.1) is 7.11 Å². The van der Waals surface area contributed by atoms with Crippen molar-refractivity contribution in [3.8, 4) is 11.5 Å². The molecule has 0 N–H and O–H groups in total. The Bertz CT molecular complexity index is 610. The van der Waals surface area contributed by atoms with Crippen LogP contribution in [-0.4, -0.2) is 38.4 Å². The van der Waals surface area contributed by atoms with Gasteiger partial charge in [0, 0.05) is 0 Å². The van der Waals surface area contributed by atoms with Crippen LogP contribution in [0.15, 0.2) is 24.3 Å². The van der Waals surface area contributed by atoms with Gasteiger partial charge in [-0.25, -0.2) is 9.59 Å². The molecule has 0 bridgehead atoms. The molecule has 1 aliphatic rings. The third-order valence-corrected chi connectivity index (χ3v) is 5.01. The summed E-state index contributed by atoms with van der Waals surface area (Å²) in [5, 5.41) is 0. The first-order valence-electron chi connectivity index (χ1n) is 9.51. The first-order valence-corrected chi connectivity index (χ1v) is 9.51. The van der Waals surface area contributed by atoms with Crippen molar-refractivity contribution in [1.29, 1.82) is 0 Å². The van der Waals surface area contributed by atoms with Crippen molar-refractivity contribution in [2.24, 2.45) is 17.8 Å². The molecule has 0 saturated heterocycles. The number of rotatable bonds is 8. The Morgan fingerprint density at radius 3 is 2.33 bits per heavy atom. The van der Waals surface area contributed by atoms with Crippen LogP contribution >= 0.6 is 0 Å². The van der Waals surface area contributed by atoms with Crippen LogP contribution in [0.5, 0.6) is 11.5 Å². The molecular weight excluding hydrogens is 348 g/mol. The molecule has 0 amide bonds. The third kappa shape index (κ3) is 6.77. The Morgan fingerprint density at radius 1 is 1.04 bits per heavy atom. The van der Waals surface area contributed by atoms with Gasteiger partial charge in [-0.3, -0.25) is 0 Å². The third-order valence-electron chi connectivity index (χ3n) is 5.01. The number of benzene rings is 1. The predicted molar refractivity (Wildman–Crippen MR) is 101 cm³/mol. The average molecular weight is 378 g/mol. The summed E-state index contributed by atoms with van der Waals surface area (Å²) < 4.78 is 21.0. The van der Waals surface area contributed by atoms with E-state index in [1.165, 1.54) is 0 Å². The van der Waals surface area contributed by atoms with Gasteiger partial charge in [-0.1, -0.05) is 27.2 Å². The van der Waals surface area contributed by atoms with Gasteiger partial charge in [-0.2, -0.15) is 0 Å². The fourth-order valence-corrected chi connectivity index (χ4v) is 3.45.